The van der Waals surface area contributed by atoms with Crippen LogP contribution in [0.5, 0.6) is 0 Å². The molecule has 0 aliphatic heterocycles. The Kier molecular flexibility index (Phi) is 6.56. The van der Waals surface area contributed by atoms with Crippen LogP contribution in [0.1, 0.15) is 25.0 Å². The van der Waals surface area contributed by atoms with Gasteiger partial charge in [0.05, 0.1) is 0 Å². The van der Waals surface area contributed by atoms with E-state index in [0.717, 1.165) is 44.6 Å². The normalized spacial score (nSPS) is 13.1. The van der Waals surface area contributed by atoms with Gasteiger partial charge in [-0.05, 0) is 92.2 Å². The Morgan fingerprint density at radius 2 is 1.10 bits per heavy atom. The van der Waals surface area contributed by atoms with E-state index in [0.29, 0.717) is 0 Å². The highest BCUT2D eigenvalue weighted by Crippen LogP contribution is 2.54. The Bertz CT molecular complexity index is 2760. The number of para-hydroxylation sites is 3. The second kappa shape index (κ2) is 11.3. The van der Waals surface area contributed by atoms with Gasteiger partial charge in [-0.3, -0.25) is 0 Å². The highest BCUT2D eigenvalue weighted by Gasteiger charge is 2.35. The molecule has 0 fully saturated rings. The number of hydrogen-bond acceptors (Lipinski definition) is 2. The zero-order valence-corrected chi connectivity index (χ0v) is 28.6. The first kappa shape index (κ1) is 29.5. The van der Waals surface area contributed by atoms with E-state index in [1.165, 1.54) is 49.7 Å². The summed E-state index contributed by atoms with van der Waals surface area (Å²) in [6, 6.07) is 63.6. The quantitative estimate of drug-likeness (QED) is 0.184. The molecule has 1 aromatic heterocycles. The summed E-state index contributed by atoms with van der Waals surface area (Å²) in [6.07, 6.45) is 0. The Morgan fingerprint density at radius 3 is 1.92 bits per heavy atom. The molecular formula is C49H35NO. The summed E-state index contributed by atoms with van der Waals surface area (Å²) in [5.41, 5.74) is 14.9. The van der Waals surface area contributed by atoms with E-state index < -0.39 is 0 Å². The van der Waals surface area contributed by atoms with E-state index in [1.807, 2.05) is 6.07 Å². The molecule has 0 bridgehead atoms. The number of nitrogens with zero attached hydrogens (tertiary/aromatic N) is 1. The van der Waals surface area contributed by atoms with E-state index in [2.05, 4.69) is 189 Å². The van der Waals surface area contributed by atoms with Crippen molar-refractivity contribution in [2.75, 3.05) is 4.90 Å². The first-order chi connectivity index (χ1) is 25.1. The molecule has 1 heterocycles. The molecule has 0 N–H and O–H groups in total. The summed E-state index contributed by atoms with van der Waals surface area (Å²) in [4.78, 5) is 2.38. The lowest BCUT2D eigenvalue weighted by Gasteiger charge is -2.37. The maximum Gasteiger partial charge on any atom is 0.143 e. The monoisotopic (exact) mass is 653 g/mol. The second-order valence-electron chi connectivity index (χ2n) is 14.1. The molecule has 10 rings (SSSR count). The Balaban J connectivity index is 1.19. The largest absolute Gasteiger partial charge is 0.455 e. The summed E-state index contributed by atoms with van der Waals surface area (Å²) >= 11 is 0. The highest BCUT2D eigenvalue weighted by atomic mass is 16.3. The van der Waals surface area contributed by atoms with Crippen molar-refractivity contribution in [1.29, 1.82) is 0 Å². The zero-order chi connectivity index (χ0) is 34.1. The molecule has 51 heavy (non-hydrogen) atoms. The maximum atomic E-state index is 6.61. The van der Waals surface area contributed by atoms with Crippen LogP contribution in [0.4, 0.5) is 17.1 Å². The number of anilines is 3. The number of furan rings is 1. The van der Waals surface area contributed by atoms with Crippen molar-refractivity contribution in [1.82, 2.24) is 0 Å². The van der Waals surface area contributed by atoms with E-state index in [4.69, 9.17) is 4.42 Å². The van der Waals surface area contributed by atoms with Gasteiger partial charge in [0, 0.05) is 38.8 Å². The van der Waals surface area contributed by atoms with Gasteiger partial charge in [0.2, 0.25) is 0 Å². The third-order valence-corrected chi connectivity index (χ3v) is 10.9. The molecule has 1 aliphatic carbocycles. The van der Waals surface area contributed by atoms with Gasteiger partial charge in [-0.2, -0.15) is 0 Å². The van der Waals surface area contributed by atoms with Crippen LogP contribution >= 0.6 is 0 Å². The van der Waals surface area contributed by atoms with Crippen molar-refractivity contribution in [2.24, 2.45) is 0 Å². The number of hydrogen-bond donors (Lipinski definition) is 0. The molecule has 0 saturated heterocycles. The van der Waals surface area contributed by atoms with Gasteiger partial charge < -0.3 is 9.32 Å². The van der Waals surface area contributed by atoms with Crippen molar-refractivity contribution in [3.8, 4) is 33.4 Å². The predicted octanol–water partition coefficient (Wildman–Crippen LogP) is 13.8. The smallest absolute Gasteiger partial charge is 0.143 e. The minimum absolute atomic E-state index is 0.235. The SMILES string of the molecule is CC1(C)c2cc(N(c3ccccc3)c3ccc(-c4ccccc4)cc3)ccc2-c2c(-c3cccc4c3oc3ccccc34)ccc3cccc1c23. The fourth-order valence-electron chi connectivity index (χ4n) is 8.37. The average Bonchev–Trinajstić information content (AvgIpc) is 3.57. The van der Waals surface area contributed by atoms with Crippen molar-refractivity contribution in [3.63, 3.8) is 0 Å². The standard InChI is InChI=1S/C49H35NO/c1-49(2)43-21-11-15-34-25-29-39(41-20-12-19-40-38-18-9-10-22-45(38)51-48(40)41)47(46(34)43)42-30-28-37(31-44(42)49)50(35-16-7-4-8-17-35)36-26-23-33(24-27-36)32-13-5-3-6-14-32/h3-31H,1-2H3. The summed E-state index contributed by atoms with van der Waals surface area (Å²) < 4.78 is 6.61. The van der Waals surface area contributed by atoms with Gasteiger partial charge in [-0.1, -0.05) is 147 Å². The maximum absolute atomic E-state index is 6.61. The first-order valence-electron chi connectivity index (χ1n) is 17.7. The lowest BCUT2D eigenvalue weighted by Crippen LogP contribution is -2.24. The molecule has 0 amide bonds. The molecule has 0 spiro atoms. The predicted molar refractivity (Wildman–Crippen MR) is 214 cm³/mol. The zero-order valence-electron chi connectivity index (χ0n) is 28.6. The molecule has 2 nitrogen and oxygen atoms in total. The van der Waals surface area contributed by atoms with Gasteiger partial charge in [0.15, 0.2) is 0 Å². The average molecular weight is 654 g/mol. The number of benzene rings is 8. The molecule has 9 aromatic rings. The van der Waals surface area contributed by atoms with Crippen LogP contribution in [-0.2, 0) is 5.41 Å². The molecule has 0 saturated carbocycles. The molecule has 2 heteroatoms. The summed E-state index contributed by atoms with van der Waals surface area (Å²) in [7, 11) is 0. The van der Waals surface area contributed by atoms with Crippen molar-refractivity contribution in [3.05, 3.63) is 187 Å². The molecule has 0 atom stereocenters. The minimum atomic E-state index is -0.235. The van der Waals surface area contributed by atoms with Gasteiger partial charge >= 0.3 is 0 Å². The lowest BCUT2D eigenvalue weighted by molar-refractivity contribution is 0.645. The third-order valence-electron chi connectivity index (χ3n) is 10.9. The number of rotatable bonds is 5. The molecule has 0 radical (unpaired) electrons. The second-order valence-corrected chi connectivity index (χ2v) is 14.1. The van der Waals surface area contributed by atoms with Crippen LogP contribution < -0.4 is 4.90 Å². The van der Waals surface area contributed by atoms with Gasteiger partial charge in [0.1, 0.15) is 11.2 Å². The van der Waals surface area contributed by atoms with Crippen LogP contribution in [0.3, 0.4) is 0 Å². The van der Waals surface area contributed by atoms with Crippen LogP contribution in [0, 0.1) is 0 Å². The van der Waals surface area contributed by atoms with Crippen molar-refractivity contribution < 1.29 is 4.42 Å². The molecule has 242 valence electrons. The third kappa shape index (κ3) is 4.57. The highest BCUT2D eigenvalue weighted by molar-refractivity contribution is 6.15. The fourth-order valence-corrected chi connectivity index (χ4v) is 8.37. The first-order valence-corrected chi connectivity index (χ1v) is 17.7. The van der Waals surface area contributed by atoms with E-state index >= 15 is 0 Å². The Labute approximate surface area is 297 Å². The van der Waals surface area contributed by atoms with Gasteiger partial charge in [-0.15, -0.1) is 0 Å². The van der Waals surface area contributed by atoms with Crippen molar-refractivity contribution >= 4 is 49.8 Å². The van der Waals surface area contributed by atoms with E-state index in [-0.39, 0.29) is 5.41 Å². The van der Waals surface area contributed by atoms with E-state index in [9.17, 15) is 0 Å². The van der Waals surface area contributed by atoms with Gasteiger partial charge in [0.25, 0.3) is 0 Å². The lowest BCUT2D eigenvalue weighted by atomic mass is 9.67. The Hall–Kier alpha value is -6.38. The Morgan fingerprint density at radius 1 is 0.451 bits per heavy atom. The molecule has 0 unspecified atom stereocenters. The topological polar surface area (TPSA) is 16.4 Å². The molecular weight excluding hydrogens is 619 g/mol. The minimum Gasteiger partial charge on any atom is -0.455 e. The summed E-state index contributed by atoms with van der Waals surface area (Å²) in [5.74, 6) is 0. The van der Waals surface area contributed by atoms with Crippen LogP contribution in [0.2, 0.25) is 0 Å². The summed E-state index contributed by atoms with van der Waals surface area (Å²) in [6.45, 7) is 4.75. The van der Waals surface area contributed by atoms with Crippen LogP contribution in [0.25, 0.3) is 66.1 Å². The number of fused-ring (bicyclic) bond motifs is 5. The van der Waals surface area contributed by atoms with E-state index in [1.54, 1.807) is 0 Å². The molecule has 8 aromatic carbocycles. The van der Waals surface area contributed by atoms with Gasteiger partial charge in [-0.25, -0.2) is 0 Å². The van der Waals surface area contributed by atoms with Crippen LogP contribution in [0.15, 0.2) is 180 Å². The fraction of sp³-hybridized carbons (Fsp3) is 0.0612. The van der Waals surface area contributed by atoms with Crippen LogP contribution in [-0.4, -0.2) is 0 Å². The molecule has 1 aliphatic rings. The van der Waals surface area contributed by atoms with Crippen molar-refractivity contribution in [2.45, 2.75) is 19.3 Å². The summed E-state index contributed by atoms with van der Waals surface area (Å²) in [5, 5.41) is 4.88.